The number of ether oxygens (including phenoxy) is 1. The number of nitrogens with zero attached hydrogens (tertiary/aromatic N) is 1. The van der Waals surface area contributed by atoms with Gasteiger partial charge in [0.1, 0.15) is 11.6 Å². The fourth-order valence-corrected chi connectivity index (χ4v) is 2.35. The molecule has 26 heavy (non-hydrogen) atoms. The highest BCUT2D eigenvalue weighted by Gasteiger charge is 2.52. The van der Waals surface area contributed by atoms with Crippen LogP contribution in [-0.2, 0) is 9.31 Å². The van der Waals surface area contributed by atoms with Crippen LogP contribution in [0.1, 0.15) is 27.7 Å². The van der Waals surface area contributed by atoms with Gasteiger partial charge in [-0.25, -0.2) is 22.5 Å². The Balaban J connectivity index is 1.90. The molecule has 0 unspecified atom stereocenters. The van der Waals surface area contributed by atoms with Gasteiger partial charge in [0.15, 0.2) is 17.4 Å². The molecule has 1 saturated heterocycles. The van der Waals surface area contributed by atoms with Crippen molar-refractivity contribution in [3.63, 3.8) is 0 Å². The molecule has 2 heterocycles. The van der Waals surface area contributed by atoms with Gasteiger partial charge in [-0.05, 0) is 33.8 Å². The third kappa shape index (κ3) is 3.28. The van der Waals surface area contributed by atoms with Crippen LogP contribution in [0.5, 0.6) is 11.6 Å². The van der Waals surface area contributed by atoms with Crippen LogP contribution < -0.4 is 10.2 Å². The second-order valence-electron chi connectivity index (χ2n) is 6.93. The van der Waals surface area contributed by atoms with Gasteiger partial charge in [-0.3, -0.25) is 0 Å². The first kappa shape index (κ1) is 18.7. The van der Waals surface area contributed by atoms with Crippen molar-refractivity contribution in [1.29, 1.82) is 0 Å². The van der Waals surface area contributed by atoms with E-state index >= 15 is 0 Å². The van der Waals surface area contributed by atoms with E-state index in [4.69, 9.17) is 14.0 Å². The van der Waals surface area contributed by atoms with E-state index in [2.05, 4.69) is 4.98 Å². The summed E-state index contributed by atoms with van der Waals surface area (Å²) in [5.41, 5.74) is -1.60. The topological polar surface area (TPSA) is 40.6 Å². The van der Waals surface area contributed by atoms with Gasteiger partial charge >= 0.3 is 7.12 Å². The molecule has 3 rings (SSSR count). The number of benzene rings is 1. The number of hydrogen-bond donors (Lipinski definition) is 0. The number of aromatic nitrogens is 1. The highest BCUT2D eigenvalue weighted by atomic mass is 19.1. The largest absolute Gasteiger partial charge is 0.497 e. The van der Waals surface area contributed by atoms with Crippen molar-refractivity contribution >= 4 is 12.6 Å². The zero-order valence-corrected chi connectivity index (χ0v) is 14.6. The van der Waals surface area contributed by atoms with Crippen molar-refractivity contribution in [2.24, 2.45) is 0 Å². The normalized spacial score (nSPS) is 18.2. The second-order valence-corrected chi connectivity index (χ2v) is 6.93. The molecule has 4 nitrogen and oxygen atoms in total. The standard InChI is InChI=1S/C17H16BF4NO3/c1-16(2)17(3,4)26-18(25-16)10-6-12(21)14(7-11(10)20)24-15-13(22)5-9(19)8-23-15/h5-8H,1-4H3. The molecule has 1 aromatic carbocycles. The first-order valence-electron chi connectivity index (χ1n) is 7.84. The number of pyridine rings is 1. The molecule has 138 valence electrons. The van der Waals surface area contributed by atoms with Crippen molar-refractivity contribution in [3.8, 4) is 11.6 Å². The summed E-state index contributed by atoms with van der Waals surface area (Å²) in [6.45, 7) is 7.12. The Morgan fingerprint density at radius 3 is 2.08 bits per heavy atom. The summed E-state index contributed by atoms with van der Waals surface area (Å²) < 4.78 is 71.6. The average Bonchev–Trinajstić information content (AvgIpc) is 2.73. The summed E-state index contributed by atoms with van der Waals surface area (Å²) >= 11 is 0. The van der Waals surface area contributed by atoms with Crippen molar-refractivity contribution in [2.75, 3.05) is 0 Å². The molecule has 0 aliphatic carbocycles. The molecule has 2 aromatic rings. The Labute approximate surface area is 148 Å². The summed E-state index contributed by atoms with van der Waals surface area (Å²) in [4.78, 5) is 3.37. The highest BCUT2D eigenvalue weighted by molar-refractivity contribution is 6.62. The molecule has 9 heteroatoms. The average molecular weight is 369 g/mol. The fraction of sp³-hybridized carbons (Fsp3) is 0.353. The number of halogens is 4. The van der Waals surface area contributed by atoms with E-state index in [9.17, 15) is 17.6 Å². The molecule has 1 aliphatic heterocycles. The minimum atomic E-state index is -1.14. The molecule has 1 aromatic heterocycles. The quantitative estimate of drug-likeness (QED) is 0.611. The van der Waals surface area contributed by atoms with Crippen LogP contribution in [-0.4, -0.2) is 23.3 Å². The van der Waals surface area contributed by atoms with Gasteiger partial charge in [0, 0.05) is 17.6 Å². The monoisotopic (exact) mass is 369 g/mol. The zero-order valence-electron chi connectivity index (χ0n) is 14.6. The molecule has 1 aliphatic rings. The van der Waals surface area contributed by atoms with Crippen molar-refractivity contribution < 1.29 is 31.6 Å². The van der Waals surface area contributed by atoms with E-state index < -0.39 is 53.2 Å². The summed E-state index contributed by atoms with van der Waals surface area (Å²) in [5, 5.41) is 0. The smallest absolute Gasteiger partial charge is 0.433 e. The van der Waals surface area contributed by atoms with Crippen LogP contribution in [0.25, 0.3) is 0 Å². The molecular formula is C17H16BF4NO3. The molecule has 0 spiro atoms. The van der Waals surface area contributed by atoms with Gasteiger partial charge in [0.05, 0.1) is 17.4 Å². The molecule has 0 atom stereocenters. The third-order valence-corrected chi connectivity index (χ3v) is 4.54. The van der Waals surface area contributed by atoms with Crippen LogP contribution in [0.3, 0.4) is 0 Å². The molecule has 1 fully saturated rings. The minimum absolute atomic E-state index is 0.152. The summed E-state index contributed by atoms with van der Waals surface area (Å²) in [6.07, 6.45) is 0.700. The first-order valence-corrected chi connectivity index (χ1v) is 7.84. The Morgan fingerprint density at radius 1 is 0.885 bits per heavy atom. The van der Waals surface area contributed by atoms with Crippen molar-refractivity contribution in [3.05, 3.63) is 47.7 Å². The highest BCUT2D eigenvalue weighted by Crippen LogP contribution is 2.37. The van der Waals surface area contributed by atoms with Gasteiger partial charge in [0.25, 0.3) is 5.88 Å². The SMILES string of the molecule is CC1(C)OB(c2cc(F)c(Oc3ncc(F)cc3F)cc2F)OC1(C)C. The Kier molecular flexibility index (Phi) is 4.48. The van der Waals surface area contributed by atoms with Gasteiger partial charge in [0.2, 0.25) is 0 Å². The number of hydrogen-bond acceptors (Lipinski definition) is 4. The molecular weight excluding hydrogens is 353 g/mol. The molecule has 0 saturated carbocycles. The maximum atomic E-state index is 14.5. The van der Waals surface area contributed by atoms with E-state index in [0.717, 1.165) is 12.1 Å². The lowest BCUT2D eigenvalue weighted by Crippen LogP contribution is -2.41. The van der Waals surface area contributed by atoms with E-state index in [1.807, 2.05) is 0 Å². The maximum Gasteiger partial charge on any atom is 0.497 e. The first-order chi connectivity index (χ1) is 12.0. The van der Waals surface area contributed by atoms with E-state index in [-0.39, 0.29) is 5.46 Å². The molecule has 0 bridgehead atoms. The lowest BCUT2D eigenvalue weighted by molar-refractivity contribution is 0.00578. The Morgan fingerprint density at radius 2 is 1.50 bits per heavy atom. The van der Waals surface area contributed by atoms with Crippen LogP contribution >= 0.6 is 0 Å². The van der Waals surface area contributed by atoms with Crippen LogP contribution in [0, 0.1) is 23.3 Å². The van der Waals surface area contributed by atoms with E-state index in [0.29, 0.717) is 12.3 Å². The van der Waals surface area contributed by atoms with Gasteiger partial charge in [-0.15, -0.1) is 0 Å². The van der Waals surface area contributed by atoms with Gasteiger partial charge < -0.3 is 14.0 Å². The predicted octanol–water partition coefficient (Wildman–Crippen LogP) is 3.73. The van der Waals surface area contributed by atoms with Crippen molar-refractivity contribution in [1.82, 2.24) is 4.98 Å². The van der Waals surface area contributed by atoms with Gasteiger partial charge in [-0.2, -0.15) is 0 Å². The van der Waals surface area contributed by atoms with Crippen molar-refractivity contribution in [2.45, 2.75) is 38.9 Å². The Bertz CT molecular complexity index is 844. The minimum Gasteiger partial charge on any atom is -0.433 e. The van der Waals surface area contributed by atoms with E-state index in [1.54, 1.807) is 27.7 Å². The second kappa shape index (κ2) is 6.24. The summed E-state index contributed by atoms with van der Waals surface area (Å²) in [6, 6.07) is 2.11. The van der Waals surface area contributed by atoms with Crippen LogP contribution in [0.15, 0.2) is 24.4 Å². The predicted molar refractivity (Wildman–Crippen MR) is 86.3 cm³/mol. The van der Waals surface area contributed by atoms with E-state index in [1.165, 1.54) is 0 Å². The third-order valence-electron chi connectivity index (χ3n) is 4.54. The number of rotatable bonds is 3. The zero-order chi connectivity index (χ0) is 19.3. The molecule has 0 amide bonds. The van der Waals surface area contributed by atoms with Crippen LogP contribution in [0.4, 0.5) is 17.6 Å². The van der Waals surface area contributed by atoms with Crippen LogP contribution in [0.2, 0.25) is 0 Å². The lowest BCUT2D eigenvalue weighted by Gasteiger charge is -2.32. The van der Waals surface area contributed by atoms with Gasteiger partial charge in [-0.1, -0.05) is 0 Å². The maximum absolute atomic E-state index is 14.5. The summed E-state index contributed by atoms with van der Waals surface area (Å²) in [7, 11) is -1.11. The molecule has 0 radical (unpaired) electrons. The molecule has 0 N–H and O–H groups in total. The fourth-order valence-electron chi connectivity index (χ4n) is 2.35. The summed E-state index contributed by atoms with van der Waals surface area (Å²) in [5.74, 6) is -5.16. The lowest BCUT2D eigenvalue weighted by atomic mass is 9.78. The Hall–Kier alpha value is -2.13.